The second-order valence-electron chi connectivity index (χ2n) is 8.97. The summed E-state index contributed by atoms with van der Waals surface area (Å²) in [4.78, 5) is 41.7. The number of anilines is 1. The first-order chi connectivity index (χ1) is 17.0. The molecule has 14 heteroatoms. The SMILES string of the molecule is O=c1nc(N2CC3CN(Cc4ccc([N+](=O)[O-])cc4)CC3C2)sc2c([N+](=O)[O-])cc(C(F)(F)F)cc12. The van der Waals surface area contributed by atoms with Gasteiger partial charge >= 0.3 is 6.18 Å². The molecule has 0 amide bonds. The molecule has 2 atom stereocenters. The van der Waals surface area contributed by atoms with Gasteiger partial charge < -0.3 is 4.90 Å². The Morgan fingerprint density at radius 3 is 2.19 bits per heavy atom. The molecule has 36 heavy (non-hydrogen) atoms. The van der Waals surface area contributed by atoms with Crippen molar-refractivity contribution in [3.8, 4) is 0 Å². The molecule has 3 aromatic rings. The molecule has 2 aliphatic heterocycles. The molecule has 3 heterocycles. The molecule has 2 unspecified atom stereocenters. The van der Waals surface area contributed by atoms with Crippen LogP contribution in [0.3, 0.4) is 0 Å². The van der Waals surface area contributed by atoms with E-state index in [9.17, 15) is 38.2 Å². The van der Waals surface area contributed by atoms with Gasteiger partial charge in [-0.3, -0.25) is 29.9 Å². The van der Waals surface area contributed by atoms with Crippen molar-refractivity contribution in [1.82, 2.24) is 9.88 Å². The number of non-ortho nitro benzene ring substituents is 2. The molecule has 2 aromatic carbocycles. The Kier molecular flexibility index (Phi) is 5.87. The summed E-state index contributed by atoms with van der Waals surface area (Å²) in [6.45, 7) is 3.28. The molecule has 2 aliphatic rings. The molecule has 10 nitrogen and oxygen atoms in total. The van der Waals surface area contributed by atoms with Gasteiger partial charge in [0.2, 0.25) is 0 Å². The Labute approximate surface area is 204 Å². The van der Waals surface area contributed by atoms with Crippen LogP contribution in [0.1, 0.15) is 11.1 Å². The smallest absolute Gasteiger partial charge is 0.347 e. The largest absolute Gasteiger partial charge is 0.416 e. The van der Waals surface area contributed by atoms with Gasteiger partial charge in [-0.2, -0.15) is 18.2 Å². The standard InChI is InChI=1S/C22H18F3N5O5S/c23-22(24,25)15-5-17-19(18(6-15)30(34)35)36-21(26-20(17)31)28-10-13-8-27(9-14(13)11-28)7-12-1-3-16(4-2-12)29(32)33/h1-6,13-14H,7-11H2. The van der Waals surface area contributed by atoms with Crippen LogP contribution in [0.2, 0.25) is 0 Å². The van der Waals surface area contributed by atoms with E-state index >= 15 is 0 Å². The summed E-state index contributed by atoms with van der Waals surface area (Å²) in [6.07, 6.45) is -4.83. The lowest BCUT2D eigenvalue weighted by Gasteiger charge is -2.22. The Balaban J connectivity index is 1.34. The average Bonchev–Trinajstić information content (AvgIpc) is 3.37. The molecule has 0 radical (unpaired) electrons. The van der Waals surface area contributed by atoms with Gasteiger partial charge in [0.1, 0.15) is 4.70 Å². The van der Waals surface area contributed by atoms with Crippen molar-refractivity contribution >= 4 is 37.9 Å². The first-order valence-corrected chi connectivity index (χ1v) is 11.7. The zero-order chi connectivity index (χ0) is 25.8. The summed E-state index contributed by atoms with van der Waals surface area (Å²) >= 11 is 0.855. The van der Waals surface area contributed by atoms with Crippen LogP contribution in [0.25, 0.3) is 10.1 Å². The number of aromatic nitrogens is 1. The highest BCUT2D eigenvalue weighted by atomic mass is 32.1. The molecule has 5 rings (SSSR count). The predicted molar refractivity (Wildman–Crippen MR) is 125 cm³/mol. The molecule has 2 saturated heterocycles. The quantitative estimate of drug-likeness (QED) is 0.364. The molecule has 0 saturated carbocycles. The fraction of sp³-hybridized carbons (Fsp3) is 0.364. The minimum atomic E-state index is -4.83. The number of likely N-dealkylation sites (tertiary alicyclic amines) is 1. The number of alkyl halides is 3. The molecule has 0 aliphatic carbocycles. The third-order valence-electron chi connectivity index (χ3n) is 6.60. The van der Waals surface area contributed by atoms with E-state index < -0.39 is 38.2 Å². The molecule has 0 bridgehead atoms. The number of rotatable bonds is 5. The number of nitro benzene ring substituents is 2. The zero-order valence-corrected chi connectivity index (χ0v) is 19.3. The summed E-state index contributed by atoms with van der Waals surface area (Å²) in [5.74, 6) is 0.510. The molecule has 188 valence electrons. The van der Waals surface area contributed by atoms with Gasteiger partial charge in [0.25, 0.3) is 16.9 Å². The summed E-state index contributed by atoms with van der Waals surface area (Å²) in [6, 6.07) is 7.47. The van der Waals surface area contributed by atoms with Crippen LogP contribution in [0, 0.1) is 32.1 Å². The van der Waals surface area contributed by atoms with Gasteiger partial charge in [-0.1, -0.05) is 23.5 Å². The number of nitrogens with zero attached hydrogens (tertiary/aromatic N) is 5. The predicted octanol–water partition coefficient (Wildman–Crippen LogP) is 4.06. The second-order valence-corrected chi connectivity index (χ2v) is 9.95. The maximum absolute atomic E-state index is 13.2. The molecular formula is C22H18F3N5O5S. The van der Waals surface area contributed by atoms with Crippen molar-refractivity contribution in [1.29, 1.82) is 0 Å². The Hall–Kier alpha value is -3.65. The van der Waals surface area contributed by atoms with Crippen molar-refractivity contribution in [2.45, 2.75) is 12.7 Å². The maximum atomic E-state index is 13.2. The molecular weight excluding hydrogens is 503 g/mol. The Morgan fingerprint density at radius 1 is 1.00 bits per heavy atom. The van der Waals surface area contributed by atoms with Crippen molar-refractivity contribution in [2.24, 2.45) is 11.8 Å². The minimum Gasteiger partial charge on any atom is -0.347 e. The third kappa shape index (κ3) is 4.48. The Morgan fingerprint density at radius 2 is 1.64 bits per heavy atom. The lowest BCUT2D eigenvalue weighted by atomic mass is 10.0. The monoisotopic (exact) mass is 521 g/mol. The van der Waals surface area contributed by atoms with E-state index in [1.165, 1.54) is 12.1 Å². The van der Waals surface area contributed by atoms with Crippen LogP contribution >= 0.6 is 11.3 Å². The summed E-state index contributed by atoms with van der Waals surface area (Å²) in [7, 11) is 0. The van der Waals surface area contributed by atoms with E-state index in [0.29, 0.717) is 31.8 Å². The molecule has 0 N–H and O–H groups in total. The average molecular weight is 521 g/mol. The number of fused-ring (bicyclic) bond motifs is 2. The van der Waals surface area contributed by atoms with Crippen molar-refractivity contribution in [3.63, 3.8) is 0 Å². The van der Waals surface area contributed by atoms with Crippen molar-refractivity contribution < 1.29 is 23.0 Å². The number of hydrogen-bond donors (Lipinski definition) is 0. The molecule has 2 fully saturated rings. The van der Waals surface area contributed by atoms with E-state index in [1.807, 2.05) is 4.90 Å². The van der Waals surface area contributed by atoms with Gasteiger partial charge in [-0.05, 0) is 23.5 Å². The second kappa shape index (κ2) is 8.78. The van der Waals surface area contributed by atoms with Gasteiger partial charge in [0.05, 0.1) is 20.8 Å². The molecule has 0 spiro atoms. The van der Waals surface area contributed by atoms with Crippen LogP contribution in [0.15, 0.2) is 41.2 Å². The zero-order valence-electron chi connectivity index (χ0n) is 18.5. The normalized spacial score (nSPS) is 20.1. The summed E-state index contributed by atoms with van der Waals surface area (Å²) in [5, 5.41) is 22.2. The third-order valence-corrected chi connectivity index (χ3v) is 7.77. The van der Waals surface area contributed by atoms with Crippen LogP contribution in [-0.4, -0.2) is 45.9 Å². The fourth-order valence-corrected chi connectivity index (χ4v) is 6.02. The summed E-state index contributed by atoms with van der Waals surface area (Å²) in [5.41, 5.74) is -1.96. The highest BCUT2D eigenvalue weighted by Gasteiger charge is 2.41. The first-order valence-electron chi connectivity index (χ1n) is 10.9. The topological polar surface area (TPSA) is 123 Å². The van der Waals surface area contributed by atoms with Gasteiger partial charge in [-0.25, -0.2) is 0 Å². The van der Waals surface area contributed by atoms with Gasteiger partial charge in [0.15, 0.2) is 5.13 Å². The van der Waals surface area contributed by atoms with E-state index in [1.54, 1.807) is 12.1 Å². The maximum Gasteiger partial charge on any atom is 0.416 e. The van der Waals surface area contributed by atoms with Crippen LogP contribution in [0.5, 0.6) is 0 Å². The van der Waals surface area contributed by atoms with Crippen molar-refractivity contribution in [3.05, 3.63) is 78.1 Å². The van der Waals surface area contributed by atoms with Gasteiger partial charge in [0, 0.05) is 50.9 Å². The number of halogens is 3. The van der Waals surface area contributed by atoms with Crippen LogP contribution < -0.4 is 10.5 Å². The van der Waals surface area contributed by atoms with E-state index in [4.69, 9.17) is 0 Å². The lowest BCUT2D eigenvalue weighted by molar-refractivity contribution is -0.384. The number of hydrogen-bond acceptors (Lipinski definition) is 9. The van der Waals surface area contributed by atoms with Crippen molar-refractivity contribution in [2.75, 3.05) is 31.1 Å². The first kappa shape index (κ1) is 24.1. The fourth-order valence-electron chi connectivity index (χ4n) is 4.93. The Bertz CT molecular complexity index is 1410. The van der Waals surface area contributed by atoms with Crippen LogP contribution in [-0.2, 0) is 12.7 Å². The summed E-state index contributed by atoms with van der Waals surface area (Å²) < 4.78 is 39.4. The highest BCUT2D eigenvalue weighted by Crippen LogP contribution is 2.40. The van der Waals surface area contributed by atoms with Crippen LogP contribution in [0.4, 0.5) is 29.7 Å². The van der Waals surface area contributed by atoms with E-state index in [0.717, 1.165) is 30.0 Å². The number of benzene rings is 2. The highest BCUT2D eigenvalue weighted by molar-refractivity contribution is 7.22. The van der Waals surface area contributed by atoms with E-state index in [-0.39, 0.29) is 27.4 Å². The van der Waals surface area contributed by atoms with E-state index in [2.05, 4.69) is 9.88 Å². The van der Waals surface area contributed by atoms with Gasteiger partial charge in [-0.15, -0.1) is 0 Å². The lowest BCUT2D eigenvalue weighted by Crippen LogP contribution is -2.29. The molecule has 1 aromatic heterocycles. The number of nitro groups is 2. The minimum absolute atomic E-state index is 0.0319.